The minimum Gasteiger partial charge on any atom is -0.494 e. The minimum absolute atomic E-state index is 0.469. The fourth-order valence-corrected chi connectivity index (χ4v) is 2.36. The molecule has 1 rings (SSSR count). The Hall–Kier alpha value is -1.32. The summed E-state index contributed by atoms with van der Waals surface area (Å²) in [7, 11) is 0. The highest BCUT2D eigenvalue weighted by molar-refractivity contribution is 5.20. The van der Waals surface area contributed by atoms with Crippen LogP contribution >= 0.6 is 0 Å². The molecule has 3 heteroatoms. The summed E-state index contributed by atoms with van der Waals surface area (Å²) in [6.45, 7) is 5.55. The van der Waals surface area contributed by atoms with Gasteiger partial charge >= 0.3 is 0 Å². The minimum atomic E-state index is 0.469. The van der Waals surface area contributed by atoms with Crippen LogP contribution in [0, 0.1) is 0 Å². The predicted molar refractivity (Wildman–Crippen MR) is 95.6 cm³/mol. The van der Waals surface area contributed by atoms with Crippen LogP contribution in [0.2, 0.25) is 0 Å². The Morgan fingerprint density at radius 1 is 0.696 bits per heavy atom. The summed E-state index contributed by atoms with van der Waals surface area (Å²) in [5.41, 5.74) is 0. The van der Waals surface area contributed by atoms with Crippen molar-refractivity contribution < 1.29 is 14.5 Å². The van der Waals surface area contributed by atoms with Gasteiger partial charge in [-0.3, -0.25) is 0 Å². The number of para-hydroxylation sites is 1. The zero-order valence-corrected chi connectivity index (χ0v) is 14.4. The van der Waals surface area contributed by atoms with E-state index in [1.807, 2.05) is 30.3 Å². The maximum absolute atomic E-state index is 5.69. The Labute approximate surface area is 141 Å². The van der Waals surface area contributed by atoms with Crippen LogP contribution in [0.3, 0.4) is 0 Å². The maximum Gasteiger partial charge on any atom is 0.119 e. The normalized spacial score (nSPS) is 10.6. The van der Waals surface area contributed by atoms with E-state index < -0.39 is 0 Å². The molecule has 0 unspecified atom stereocenters. The Morgan fingerprint density at radius 2 is 1.26 bits per heavy atom. The van der Waals surface area contributed by atoms with E-state index in [9.17, 15) is 0 Å². The zero-order chi connectivity index (χ0) is 16.4. The monoisotopic (exact) mass is 320 g/mol. The average Bonchev–Trinajstić information content (AvgIpc) is 2.59. The highest BCUT2D eigenvalue weighted by Gasteiger charge is 1.95. The van der Waals surface area contributed by atoms with Gasteiger partial charge in [0, 0.05) is 0 Å². The van der Waals surface area contributed by atoms with Crippen LogP contribution in [-0.4, -0.2) is 19.8 Å². The van der Waals surface area contributed by atoms with Crippen molar-refractivity contribution in [3.63, 3.8) is 0 Å². The average molecular weight is 320 g/mol. The highest BCUT2D eigenvalue weighted by Crippen LogP contribution is 2.12. The van der Waals surface area contributed by atoms with Crippen LogP contribution in [0.4, 0.5) is 0 Å². The topological polar surface area (TPSA) is 27.7 Å². The van der Waals surface area contributed by atoms with Crippen molar-refractivity contribution in [1.29, 1.82) is 0 Å². The van der Waals surface area contributed by atoms with E-state index in [4.69, 9.17) is 14.5 Å². The van der Waals surface area contributed by atoms with Gasteiger partial charge in [-0.15, -0.1) is 6.58 Å². The molecule has 0 atom stereocenters. The molecule has 1 aromatic carbocycles. The second-order valence-corrected chi connectivity index (χ2v) is 5.74. The molecule has 0 saturated heterocycles. The molecule has 0 saturated carbocycles. The van der Waals surface area contributed by atoms with Gasteiger partial charge in [0.25, 0.3) is 0 Å². The Kier molecular flexibility index (Phi) is 13.4. The maximum atomic E-state index is 5.69. The quantitative estimate of drug-likeness (QED) is 0.169. The first-order valence-electron chi connectivity index (χ1n) is 8.96. The molecule has 23 heavy (non-hydrogen) atoms. The molecule has 0 aromatic heterocycles. The summed E-state index contributed by atoms with van der Waals surface area (Å²) >= 11 is 0. The van der Waals surface area contributed by atoms with Gasteiger partial charge in [-0.25, -0.2) is 9.78 Å². The third kappa shape index (κ3) is 12.9. The number of benzene rings is 1. The van der Waals surface area contributed by atoms with E-state index in [-0.39, 0.29) is 0 Å². The van der Waals surface area contributed by atoms with Crippen molar-refractivity contribution in [1.82, 2.24) is 0 Å². The van der Waals surface area contributed by atoms with Gasteiger partial charge in [0.15, 0.2) is 0 Å². The van der Waals surface area contributed by atoms with E-state index in [0.29, 0.717) is 13.2 Å². The van der Waals surface area contributed by atoms with Crippen LogP contribution in [0.5, 0.6) is 5.75 Å². The summed E-state index contributed by atoms with van der Waals surface area (Å²) in [5.74, 6) is 0.978. The van der Waals surface area contributed by atoms with Crippen molar-refractivity contribution in [3.05, 3.63) is 43.0 Å². The Morgan fingerprint density at radius 3 is 1.87 bits per heavy atom. The molecule has 0 aliphatic rings. The third-order valence-corrected chi connectivity index (χ3v) is 3.65. The second kappa shape index (κ2) is 15.6. The molecule has 1 aromatic rings. The number of hydrogen-bond acceptors (Lipinski definition) is 3. The Bertz CT molecular complexity index is 364. The third-order valence-electron chi connectivity index (χ3n) is 3.65. The molecule has 0 heterocycles. The van der Waals surface area contributed by atoms with E-state index in [0.717, 1.165) is 25.2 Å². The first kappa shape index (κ1) is 19.7. The molecule has 0 N–H and O–H groups in total. The van der Waals surface area contributed by atoms with Gasteiger partial charge in [0.1, 0.15) is 12.4 Å². The van der Waals surface area contributed by atoms with Gasteiger partial charge < -0.3 is 4.74 Å². The van der Waals surface area contributed by atoms with Crippen molar-refractivity contribution in [2.75, 3.05) is 19.8 Å². The smallest absolute Gasteiger partial charge is 0.119 e. The van der Waals surface area contributed by atoms with Crippen molar-refractivity contribution >= 4 is 0 Å². The standard InChI is InChI=1S/C20H32O3/c1-2-17-22-23-19-14-9-7-5-3-4-6-8-13-18-21-20-15-11-10-12-16-20/h2,10-12,15-16H,1,3-9,13-14,17-19H2. The molecule has 0 aliphatic heterocycles. The lowest BCUT2D eigenvalue weighted by Gasteiger charge is -2.06. The van der Waals surface area contributed by atoms with Crippen LogP contribution in [0.25, 0.3) is 0 Å². The van der Waals surface area contributed by atoms with Gasteiger partial charge in [0.05, 0.1) is 13.2 Å². The molecular formula is C20H32O3. The lowest BCUT2D eigenvalue weighted by molar-refractivity contribution is -0.286. The van der Waals surface area contributed by atoms with E-state index in [2.05, 4.69) is 6.58 Å². The second-order valence-electron chi connectivity index (χ2n) is 5.74. The number of ether oxygens (including phenoxy) is 1. The highest BCUT2D eigenvalue weighted by atomic mass is 17.2. The number of unbranched alkanes of at least 4 members (excludes halogenated alkanes) is 8. The van der Waals surface area contributed by atoms with Crippen LogP contribution in [0.1, 0.15) is 57.8 Å². The Balaban J connectivity index is 1.72. The van der Waals surface area contributed by atoms with Gasteiger partial charge in [-0.05, 0) is 25.0 Å². The SMILES string of the molecule is C=CCOOCCCCCCCCCCCOc1ccccc1. The van der Waals surface area contributed by atoms with E-state index >= 15 is 0 Å². The summed E-state index contributed by atoms with van der Waals surface area (Å²) < 4.78 is 5.69. The van der Waals surface area contributed by atoms with Gasteiger partial charge in [0.2, 0.25) is 0 Å². The lowest BCUT2D eigenvalue weighted by atomic mass is 10.1. The van der Waals surface area contributed by atoms with Crippen LogP contribution in [0.15, 0.2) is 43.0 Å². The summed E-state index contributed by atoms with van der Waals surface area (Å²) in [6, 6.07) is 10.1. The number of hydrogen-bond donors (Lipinski definition) is 0. The molecule has 0 aliphatic carbocycles. The number of rotatable bonds is 16. The summed E-state index contributed by atoms with van der Waals surface area (Å²) in [6.07, 6.45) is 13.0. The molecule has 130 valence electrons. The molecule has 0 bridgehead atoms. The molecule has 0 amide bonds. The fraction of sp³-hybridized carbons (Fsp3) is 0.600. The fourth-order valence-electron chi connectivity index (χ4n) is 2.36. The van der Waals surface area contributed by atoms with E-state index in [1.165, 1.54) is 44.9 Å². The predicted octanol–water partition coefficient (Wildman–Crippen LogP) is 5.71. The molecule has 0 spiro atoms. The van der Waals surface area contributed by atoms with Crippen LogP contribution < -0.4 is 4.74 Å². The first-order chi connectivity index (χ1) is 11.4. The first-order valence-corrected chi connectivity index (χ1v) is 8.96. The molecular weight excluding hydrogens is 288 g/mol. The lowest BCUT2D eigenvalue weighted by Crippen LogP contribution is -1.97. The van der Waals surface area contributed by atoms with Gasteiger partial charge in [-0.2, -0.15) is 0 Å². The van der Waals surface area contributed by atoms with Gasteiger partial charge in [-0.1, -0.05) is 69.2 Å². The molecule has 0 fully saturated rings. The summed E-state index contributed by atoms with van der Waals surface area (Å²) in [4.78, 5) is 9.88. The molecule has 0 radical (unpaired) electrons. The van der Waals surface area contributed by atoms with Crippen LogP contribution in [-0.2, 0) is 9.78 Å². The zero-order valence-electron chi connectivity index (χ0n) is 14.4. The van der Waals surface area contributed by atoms with E-state index in [1.54, 1.807) is 6.08 Å². The van der Waals surface area contributed by atoms with Crippen molar-refractivity contribution in [2.45, 2.75) is 57.8 Å². The van der Waals surface area contributed by atoms with Crippen molar-refractivity contribution in [2.24, 2.45) is 0 Å². The molecule has 3 nitrogen and oxygen atoms in total. The van der Waals surface area contributed by atoms with Crippen molar-refractivity contribution in [3.8, 4) is 5.75 Å². The largest absolute Gasteiger partial charge is 0.494 e. The summed E-state index contributed by atoms with van der Waals surface area (Å²) in [5, 5.41) is 0.